The quantitative estimate of drug-likeness (QED) is 0.810. The first-order valence-electron chi connectivity index (χ1n) is 7.04. The number of hydrogen-bond acceptors (Lipinski definition) is 2. The van der Waals surface area contributed by atoms with E-state index in [1.165, 1.54) is 11.0 Å². The molecular formula is C15H18F3NO2. The SMILES string of the molecule is CCOC(=O)N1c2cc(C(F)(F)F)ccc2CCC1CC. The molecular weight excluding hydrogens is 283 g/mol. The van der Waals surface area contributed by atoms with Gasteiger partial charge in [-0.15, -0.1) is 0 Å². The zero-order valence-electron chi connectivity index (χ0n) is 12.0. The molecule has 0 aliphatic carbocycles. The van der Waals surface area contributed by atoms with Gasteiger partial charge in [0.05, 0.1) is 17.9 Å². The van der Waals surface area contributed by atoms with Crippen LogP contribution in [0.25, 0.3) is 0 Å². The fourth-order valence-corrected chi connectivity index (χ4v) is 2.65. The van der Waals surface area contributed by atoms with Crippen LogP contribution in [-0.4, -0.2) is 18.7 Å². The third-order valence-electron chi connectivity index (χ3n) is 3.72. The highest BCUT2D eigenvalue weighted by atomic mass is 19.4. The van der Waals surface area contributed by atoms with Crippen LogP contribution < -0.4 is 4.90 Å². The van der Waals surface area contributed by atoms with E-state index in [1.54, 1.807) is 6.92 Å². The molecule has 0 radical (unpaired) electrons. The van der Waals surface area contributed by atoms with Crippen LogP contribution in [0.2, 0.25) is 0 Å². The standard InChI is InChI=1S/C15H18F3NO2/c1-3-12-8-6-10-5-7-11(15(16,17)18)9-13(10)19(12)14(20)21-4-2/h5,7,9,12H,3-4,6,8H2,1-2H3. The summed E-state index contributed by atoms with van der Waals surface area (Å²) in [5.41, 5.74) is 0.328. The number of fused-ring (bicyclic) bond motifs is 1. The van der Waals surface area contributed by atoms with Crippen LogP contribution in [0.15, 0.2) is 18.2 Å². The molecule has 1 aromatic rings. The Kier molecular flexibility index (Phi) is 4.44. The van der Waals surface area contributed by atoms with E-state index in [2.05, 4.69) is 0 Å². The Balaban J connectivity index is 2.47. The Bertz CT molecular complexity index is 528. The minimum absolute atomic E-state index is 0.125. The number of halogens is 3. The van der Waals surface area contributed by atoms with Crippen LogP contribution in [0.3, 0.4) is 0 Å². The van der Waals surface area contributed by atoms with Crippen LogP contribution >= 0.6 is 0 Å². The maximum Gasteiger partial charge on any atom is 0.416 e. The van der Waals surface area contributed by atoms with Crippen molar-refractivity contribution in [1.29, 1.82) is 0 Å². The van der Waals surface area contributed by atoms with Gasteiger partial charge in [-0.1, -0.05) is 13.0 Å². The van der Waals surface area contributed by atoms with Gasteiger partial charge in [0.25, 0.3) is 0 Å². The van der Waals surface area contributed by atoms with Crippen LogP contribution in [0.4, 0.5) is 23.7 Å². The van der Waals surface area contributed by atoms with Crippen molar-refractivity contribution in [2.24, 2.45) is 0 Å². The van der Waals surface area contributed by atoms with E-state index < -0.39 is 17.8 Å². The molecule has 0 fully saturated rings. The van der Waals surface area contributed by atoms with Crippen molar-refractivity contribution in [3.8, 4) is 0 Å². The van der Waals surface area contributed by atoms with Crippen molar-refractivity contribution in [3.63, 3.8) is 0 Å². The molecule has 1 aliphatic rings. The van der Waals surface area contributed by atoms with Crippen LogP contribution in [0.5, 0.6) is 0 Å². The molecule has 21 heavy (non-hydrogen) atoms. The number of benzene rings is 1. The molecule has 0 spiro atoms. The molecule has 1 amide bonds. The largest absolute Gasteiger partial charge is 0.449 e. The van der Waals surface area contributed by atoms with Crippen LogP contribution in [-0.2, 0) is 17.3 Å². The Hall–Kier alpha value is -1.72. The summed E-state index contributed by atoms with van der Waals surface area (Å²) in [5, 5.41) is 0. The first-order valence-corrected chi connectivity index (χ1v) is 7.04. The molecule has 0 saturated carbocycles. The molecule has 6 heteroatoms. The highest BCUT2D eigenvalue weighted by molar-refractivity contribution is 5.90. The number of nitrogens with zero attached hydrogens (tertiary/aromatic N) is 1. The van der Waals surface area contributed by atoms with E-state index in [0.717, 1.165) is 24.1 Å². The lowest BCUT2D eigenvalue weighted by atomic mass is 9.93. The Labute approximate surface area is 121 Å². The number of alkyl halides is 3. The zero-order chi connectivity index (χ0) is 15.6. The molecule has 3 nitrogen and oxygen atoms in total. The van der Waals surface area contributed by atoms with Crippen molar-refractivity contribution < 1.29 is 22.7 Å². The van der Waals surface area contributed by atoms with Gasteiger partial charge in [0.1, 0.15) is 0 Å². The number of carbonyl (C=O) groups excluding carboxylic acids is 1. The van der Waals surface area contributed by atoms with Gasteiger partial charge >= 0.3 is 12.3 Å². The lowest BCUT2D eigenvalue weighted by molar-refractivity contribution is -0.137. The smallest absolute Gasteiger partial charge is 0.416 e. The molecule has 2 rings (SSSR count). The average Bonchev–Trinajstić information content (AvgIpc) is 2.44. The van der Waals surface area contributed by atoms with E-state index in [0.29, 0.717) is 18.5 Å². The van der Waals surface area contributed by atoms with Gasteiger partial charge in [-0.05, 0) is 43.9 Å². The van der Waals surface area contributed by atoms with Crippen molar-refractivity contribution in [1.82, 2.24) is 0 Å². The van der Waals surface area contributed by atoms with Crippen LogP contribution in [0.1, 0.15) is 37.8 Å². The Morgan fingerprint density at radius 3 is 2.67 bits per heavy atom. The van der Waals surface area contributed by atoms with E-state index in [-0.39, 0.29) is 12.6 Å². The monoisotopic (exact) mass is 301 g/mol. The normalized spacial score (nSPS) is 18.3. The molecule has 1 heterocycles. The highest BCUT2D eigenvalue weighted by Crippen LogP contribution is 2.38. The highest BCUT2D eigenvalue weighted by Gasteiger charge is 2.35. The zero-order valence-corrected chi connectivity index (χ0v) is 12.0. The number of rotatable bonds is 2. The van der Waals surface area contributed by atoms with Crippen molar-refractivity contribution >= 4 is 11.8 Å². The molecule has 116 valence electrons. The summed E-state index contributed by atoms with van der Waals surface area (Å²) in [7, 11) is 0. The fraction of sp³-hybridized carbons (Fsp3) is 0.533. The van der Waals surface area contributed by atoms with E-state index in [4.69, 9.17) is 4.74 Å². The van der Waals surface area contributed by atoms with Gasteiger partial charge in [-0.25, -0.2) is 4.79 Å². The second-order valence-electron chi connectivity index (χ2n) is 5.01. The number of ether oxygens (including phenoxy) is 1. The predicted octanol–water partition coefficient (Wildman–Crippen LogP) is 4.39. The Morgan fingerprint density at radius 1 is 1.38 bits per heavy atom. The topological polar surface area (TPSA) is 29.5 Å². The van der Waals surface area contributed by atoms with Crippen molar-refractivity contribution in [3.05, 3.63) is 29.3 Å². The number of amides is 1. The molecule has 1 aromatic carbocycles. The van der Waals surface area contributed by atoms with Crippen LogP contribution in [0, 0.1) is 0 Å². The minimum atomic E-state index is -4.42. The lowest BCUT2D eigenvalue weighted by Gasteiger charge is -2.36. The molecule has 0 N–H and O–H groups in total. The molecule has 0 saturated heterocycles. The average molecular weight is 301 g/mol. The maximum absolute atomic E-state index is 12.9. The van der Waals surface area contributed by atoms with Gasteiger partial charge < -0.3 is 4.74 Å². The molecule has 0 bridgehead atoms. The summed E-state index contributed by atoms with van der Waals surface area (Å²) < 4.78 is 43.6. The lowest BCUT2D eigenvalue weighted by Crippen LogP contribution is -2.44. The first-order chi connectivity index (χ1) is 9.88. The van der Waals surface area contributed by atoms with E-state index in [1.807, 2.05) is 6.92 Å². The second kappa shape index (κ2) is 5.95. The number of carbonyl (C=O) groups is 1. The Morgan fingerprint density at radius 2 is 2.10 bits per heavy atom. The number of anilines is 1. The summed E-state index contributed by atoms with van der Waals surface area (Å²) in [6, 6.07) is 3.44. The molecule has 1 unspecified atom stereocenters. The van der Waals surface area contributed by atoms with Gasteiger partial charge in [0, 0.05) is 6.04 Å². The maximum atomic E-state index is 12.9. The molecule has 0 aromatic heterocycles. The summed E-state index contributed by atoms with van der Waals surface area (Å²) in [4.78, 5) is 13.5. The van der Waals surface area contributed by atoms with Crippen molar-refractivity contribution in [2.75, 3.05) is 11.5 Å². The third kappa shape index (κ3) is 3.14. The summed E-state index contributed by atoms with van der Waals surface area (Å²) >= 11 is 0. The summed E-state index contributed by atoms with van der Waals surface area (Å²) in [6.45, 7) is 3.78. The third-order valence-corrected chi connectivity index (χ3v) is 3.72. The van der Waals surface area contributed by atoms with Gasteiger partial charge in [-0.3, -0.25) is 4.90 Å². The second-order valence-corrected chi connectivity index (χ2v) is 5.01. The minimum Gasteiger partial charge on any atom is -0.449 e. The fourth-order valence-electron chi connectivity index (χ4n) is 2.65. The first kappa shape index (κ1) is 15.7. The molecule has 1 atom stereocenters. The summed E-state index contributed by atoms with van der Waals surface area (Å²) in [6.07, 6.45) is -2.93. The van der Waals surface area contributed by atoms with E-state index >= 15 is 0 Å². The van der Waals surface area contributed by atoms with Gasteiger partial charge in [0.15, 0.2) is 0 Å². The van der Waals surface area contributed by atoms with E-state index in [9.17, 15) is 18.0 Å². The van der Waals surface area contributed by atoms with Crippen molar-refractivity contribution in [2.45, 2.75) is 45.3 Å². The number of aryl methyl sites for hydroxylation is 1. The van der Waals surface area contributed by atoms with Gasteiger partial charge in [-0.2, -0.15) is 13.2 Å². The predicted molar refractivity (Wildman–Crippen MR) is 73.3 cm³/mol. The van der Waals surface area contributed by atoms with Gasteiger partial charge in [0.2, 0.25) is 0 Å². The molecule has 1 aliphatic heterocycles. The summed E-state index contributed by atoms with van der Waals surface area (Å²) in [5.74, 6) is 0. The number of hydrogen-bond donors (Lipinski definition) is 0.